The van der Waals surface area contributed by atoms with Crippen molar-refractivity contribution in [2.45, 2.75) is 38.6 Å². The second-order valence-electron chi connectivity index (χ2n) is 7.00. The number of amides is 3. The van der Waals surface area contributed by atoms with E-state index in [2.05, 4.69) is 22.9 Å². The SMILES string of the molecule is CCNCC1CCN(C(=O)c2cccc(NC(=O)NC3CC3)c2)CC1.Cl. The number of likely N-dealkylation sites (tertiary alicyclic amines) is 1. The summed E-state index contributed by atoms with van der Waals surface area (Å²) >= 11 is 0. The molecule has 3 N–H and O–H groups in total. The molecule has 26 heavy (non-hydrogen) atoms. The van der Waals surface area contributed by atoms with Crippen LogP contribution in [0.3, 0.4) is 0 Å². The van der Waals surface area contributed by atoms with Gasteiger partial charge in [-0.3, -0.25) is 4.79 Å². The Morgan fingerprint density at radius 3 is 2.54 bits per heavy atom. The zero-order valence-electron chi connectivity index (χ0n) is 15.3. The first-order valence-corrected chi connectivity index (χ1v) is 9.33. The van der Waals surface area contributed by atoms with Gasteiger partial charge in [0.25, 0.3) is 5.91 Å². The third-order valence-corrected chi connectivity index (χ3v) is 4.86. The van der Waals surface area contributed by atoms with Crippen LogP contribution in [0.5, 0.6) is 0 Å². The third kappa shape index (κ3) is 5.88. The molecule has 2 fully saturated rings. The highest BCUT2D eigenvalue weighted by Crippen LogP contribution is 2.21. The molecule has 0 atom stereocenters. The van der Waals surface area contributed by atoms with Gasteiger partial charge in [0.2, 0.25) is 0 Å². The average molecular weight is 381 g/mol. The van der Waals surface area contributed by atoms with Crippen LogP contribution in [0.1, 0.15) is 43.0 Å². The van der Waals surface area contributed by atoms with Gasteiger partial charge in [-0.25, -0.2) is 4.79 Å². The highest BCUT2D eigenvalue weighted by molar-refractivity contribution is 5.97. The molecule has 2 aliphatic rings. The number of nitrogens with one attached hydrogen (secondary N) is 3. The molecule has 1 aliphatic heterocycles. The zero-order valence-corrected chi connectivity index (χ0v) is 16.1. The number of rotatable bonds is 6. The molecular formula is C19H29ClN4O2. The van der Waals surface area contributed by atoms with Gasteiger partial charge >= 0.3 is 6.03 Å². The Balaban J connectivity index is 0.00000243. The Bertz CT molecular complexity index is 613. The van der Waals surface area contributed by atoms with Crippen molar-refractivity contribution in [2.24, 2.45) is 5.92 Å². The molecule has 0 spiro atoms. The highest BCUT2D eigenvalue weighted by atomic mass is 35.5. The van der Waals surface area contributed by atoms with Crippen molar-refractivity contribution in [3.8, 4) is 0 Å². The van der Waals surface area contributed by atoms with E-state index in [0.29, 0.717) is 23.2 Å². The van der Waals surface area contributed by atoms with Gasteiger partial charge in [0, 0.05) is 30.4 Å². The number of anilines is 1. The first-order chi connectivity index (χ1) is 12.2. The van der Waals surface area contributed by atoms with Gasteiger partial charge in [-0.2, -0.15) is 0 Å². The van der Waals surface area contributed by atoms with Crippen LogP contribution in [0, 0.1) is 5.92 Å². The summed E-state index contributed by atoms with van der Waals surface area (Å²) in [6, 6.07) is 7.32. The monoisotopic (exact) mass is 380 g/mol. The first kappa shape index (κ1) is 20.5. The van der Waals surface area contributed by atoms with E-state index in [1.165, 1.54) is 0 Å². The van der Waals surface area contributed by atoms with Crippen molar-refractivity contribution in [3.05, 3.63) is 29.8 Å². The number of carbonyl (C=O) groups excluding carboxylic acids is 2. The lowest BCUT2D eigenvalue weighted by molar-refractivity contribution is 0.0690. The second kappa shape index (κ2) is 9.78. The van der Waals surface area contributed by atoms with E-state index in [-0.39, 0.29) is 24.3 Å². The number of benzene rings is 1. The molecule has 1 aliphatic carbocycles. The molecule has 3 rings (SSSR count). The van der Waals surface area contributed by atoms with Crippen molar-refractivity contribution in [2.75, 3.05) is 31.5 Å². The average Bonchev–Trinajstić information content (AvgIpc) is 3.44. The van der Waals surface area contributed by atoms with E-state index in [9.17, 15) is 9.59 Å². The van der Waals surface area contributed by atoms with E-state index in [0.717, 1.165) is 51.9 Å². The predicted molar refractivity (Wildman–Crippen MR) is 106 cm³/mol. The quantitative estimate of drug-likeness (QED) is 0.710. The Kier molecular flexibility index (Phi) is 7.72. The molecule has 0 bridgehead atoms. The minimum atomic E-state index is -0.198. The van der Waals surface area contributed by atoms with Crippen LogP contribution in [-0.4, -0.2) is 49.1 Å². The summed E-state index contributed by atoms with van der Waals surface area (Å²) in [5, 5.41) is 9.08. The minimum Gasteiger partial charge on any atom is -0.339 e. The van der Waals surface area contributed by atoms with E-state index in [1.54, 1.807) is 6.07 Å². The van der Waals surface area contributed by atoms with E-state index in [4.69, 9.17) is 0 Å². The van der Waals surface area contributed by atoms with Crippen LogP contribution in [0.4, 0.5) is 10.5 Å². The van der Waals surface area contributed by atoms with Gasteiger partial charge in [0.05, 0.1) is 0 Å². The Labute approximate surface area is 161 Å². The van der Waals surface area contributed by atoms with Crippen LogP contribution in [0.2, 0.25) is 0 Å². The highest BCUT2D eigenvalue weighted by Gasteiger charge is 2.24. The number of nitrogens with zero attached hydrogens (tertiary/aromatic N) is 1. The van der Waals surface area contributed by atoms with Crippen LogP contribution < -0.4 is 16.0 Å². The van der Waals surface area contributed by atoms with Crippen molar-refractivity contribution < 1.29 is 9.59 Å². The van der Waals surface area contributed by atoms with Gasteiger partial charge in [-0.05, 0) is 62.9 Å². The number of piperidine rings is 1. The summed E-state index contributed by atoms with van der Waals surface area (Å²) in [5.41, 5.74) is 1.29. The van der Waals surface area contributed by atoms with Crippen molar-refractivity contribution in [1.82, 2.24) is 15.5 Å². The molecule has 144 valence electrons. The second-order valence-corrected chi connectivity index (χ2v) is 7.00. The van der Waals surface area contributed by atoms with Crippen LogP contribution in [0.25, 0.3) is 0 Å². The lowest BCUT2D eigenvalue weighted by atomic mass is 9.96. The van der Waals surface area contributed by atoms with E-state index < -0.39 is 0 Å². The van der Waals surface area contributed by atoms with Crippen molar-refractivity contribution in [3.63, 3.8) is 0 Å². The molecule has 1 aromatic carbocycles. The van der Waals surface area contributed by atoms with Gasteiger partial charge < -0.3 is 20.9 Å². The molecule has 1 heterocycles. The van der Waals surface area contributed by atoms with E-state index in [1.807, 2.05) is 23.1 Å². The zero-order chi connectivity index (χ0) is 17.6. The fourth-order valence-electron chi connectivity index (χ4n) is 3.18. The first-order valence-electron chi connectivity index (χ1n) is 9.33. The molecule has 0 unspecified atom stereocenters. The molecule has 0 aromatic heterocycles. The fraction of sp³-hybridized carbons (Fsp3) is 0.579. The number of hydrogen-bond acceptors (Lipinski definition) is 3. The third-order valence-electron chi connectivity index (χ3n) is 4.86. The molecule has 7 heteroatoms. The van der Waals surface area contributed by atoms with Crippen LogP contribution in [-0.2, 0) is 0 Å². The smallest absolute Gasteiger partial charge is 0.319 e. The lowest BCUT2D eigenvalue weighted by Crippen LogP contribution is -2.40. The van der Waals surface area contributed by atoms with Crippen molar-refractivity contribution in [1.29, 1.82) is 0 Å². The van der Waals surface area contributed by atoms with Gasteiger partial charge in [0.15, 0.2) is 0 Å². The van der Waals surface area contributed by atoms with E-state index >= 15 is 0 Å². The summed E-state index contributed by atoms with van der Waals surface area (Å²) < 4.78 is 0. The van der Waals surface area contributed by atoms with Crippen LogP contribution in [0.15, 0.2) is 24.3 Å². The molecule has 0 radical (unpaired) electrons. The summed E-state index contributed by atoms with van der Waals surface area (Å²) in [4.78, 5) is 26.5. The summed E-state index contributed by atoms with van der Waals surface area (Å²) in [7, 11) is 0. The number of hydrogen-bond donors (Lipinski definition) is 3. The summed E-state index contributed by atoms with van der Waals surface area (Å²) in [6.45, 7) is 5.75. The maximum atomic E-state index is 12.7. The Morgan fingerprint density at radius 1 is 1.15 bits per heavy atom. The minimum absolute atomic E-state index is 0. The summed E-state index contributed by atoms with van der Waals surface area (Å²) in [6.07, 6.45) is 4.19. The molecule has 6 nitrogen and oxygen atoms in total. The number of carbonyl (C=O) groups is 2. The summed E-state index contributed by atoms with van der Waals surface area (Å²) in [5.74, 6) is 0.705. The molecular weight excluding hydrogens is 352 g/mol. The topological polar surface area (TPSA) is 73.5 Å². The largest absolute Gasteiger partial charge is 0.339 e. The molecule has 1 saturated heterocycles. The standard InChI is InChI=1S/C19H28N4O2.ClH/c1-2-20-13-14-8-10-23(11-9-14)18(24)15-4-3-5-17(12-15)22-19(25)21-16-6-7-16;/h3-5,12,14,16,20H,2,6-11,13H2,1H3,(H2,21,22,25);1H. The Morgan fingerprint density at radius 2 is 1.88 bits per heavy atom. The molecule has 3 amide bonds. The fourth-order valence-corrected chi connectivity index (χ4v) is 3.18. The molecule has 1 aromatic rings. The van der Waals surface area contributed by atoms with Gasteiger partial charge in [0.1, 0.15) is 0 Å². The maximum Gasteiger partial charge on any atom is 0.319 e. The molecule has 1 saturated carbocycles. The Hall–Kier alpha value is -1.79. The normalized spacial score (nSPS) is 17.3. The number of halogens is 1. The number of urea groups is 1. The van der Waals surface area contributed by atoms with Crippen LogP contribution >= 0.6 is 12.4 Å². The maximum absolute atomic E-state index is 12.7. The van der Waals surface area contributed by atoms with Crippen molar-refractivity contribution >= 4 is 30.0 Å². The van der Waals surface area contributed by atoms with Gasteiger partial charge in [-0.1, -0.05) is 13.0 Å². The predicted octanol–water partition coefficient (Wildman–Crippen LogP) is 2.85. The lowest BCUT2D eigenvalue weighted by Gasteiger charge is -2.32. The van der Waals surface area contributed by atoms with Gasteiger partial charge in [-0.15, -0.1) is 12.4 Å².